The fraction of sp³-hybridized carbons (Fsp3) is 0.429. The number of rotatable bonds is 6. The van der Waals surface area contributed by atoms with Crippen molar-refractivity contribution < 1.29 is 27.2 Å². The lowest BCUT2D eigenvalue weighted by Crippen LogP contribution is -2.56. The van der Waals surface area contributed by atoms with E-state index in [4.69, 9.17) is 4.42 Å². The average Bonchev–Trinajstić information content (AvgIpc) is 3.08. The van der Waals surface area contributed by atoms with Gasteiger partial charge in [-0.25, -0.2) is 0 Å². The zero-order chi connectivity index (χ0) is 21.9. The molecule has 2 aromatic rings. The molecule has 1 aromatic heterocycles. The number of aryl methyl sites for hydroxylation is 1. The lowest BCUT2D eigenvalue weighted by molar-refractivity contribution is -0.138. The van der Waals surface area contributed by atoms with Crippen molar-refractivity contribution >= 4 is 11.8 Å². The quantitative estimate of drug-likeness (QED) is 0.776. The maximum Gasteiger partial charge on any atom is 0.416 e. The van der Waals surface area contributed by atoms with E-state index in [1.54, 1.807) is 30.1 Å². The van der Waals surface area contributed by atoms with Crippen molar-refractivity contribution in [3.8, 4) is 0 Å². The Balaban J connectivity index is 1.68. The van der Waals surface area contributed by atoms with E-state index >= 15 is 0 Å². The van der Waals surface area contributed by atoms with Gasteiger partial charge in [0.05, 0.1) is 24.6 Å². The summed E-state index contributed by atoms with van der Waals surface area (Å²) >= 11 is 0. The number of halogens is 3. The zero-order valence-electron chi connectivity index (χ0n) is 16.8. The van der Waals surface area contributed by atoms with E-state index in [1.807, 2.05) is 6.92 Å². The summed E-state index contributed by atoms with van der Waals surface area (Å²) in [4.78, 5) is 28.3. The second-order valence-electron chi connectivity index (χ2n) is 7.44. The van der Waals surface area contributed by atoms with Crippen molar-refractivity contribution in [3.63, 3.8) is 0 Å². The van der Waals surface area contributed by atoms with E-state index in [0.717, 1.165) is 17.9 Å². The molecule has 0 saturated carbocycles. The molecule has 0 radical (unpaired) electrons. The van der Waals surface area contributed by atoms with E-state index in [2.05, 4.69) is 5.32 Å². The van der Waals surface area contributed by atoms with Gasteiger partial charge >= 0.3 is 6.18 Å². The summed E-state index contributed by atoms with van der Waals surface area (Å²) in [5.41, 5.74) is -0.293. The number of benzene rings is 1. The van der Waals surface area contributed by atoms with Gasteiger partial charge in [-0.1, -0.05) is 18.2 Å². The first-order valence-electron chi connectivity index (χ1n) is 9.60. The molecule has 1 saturated heterocycles. The molecule has 3 rings (SSSR count). The highest BCUT2D eigenvalue weighted by Gasteiger charge is 2.34. The lowest BCUT2D eigenvalue weighted by atomic mass is 10.0. The van der Waals surface area contributed by atoms with Crippen LogP contribution in [0.1, 0.15) is 29.1 Å². The monoisotopic (exact) mass is 423 g/mol. The SMILES string of the molecule is Cc1ccc(CN(C)C(=O)CC2C(=O)NCCN2Cc2cccc(C(F)(F)F)c2)o1. The van der Waals surface area contributed by atoms with Crippen LogP contribution in [0.5, 0.6) is 0 Å². The van der Waals surface area contributed by atoms with Gasteiger partial charge in [0, 0.05) is 26.7 Å². The van der Waals surface area contributed by atoms with Gasteiger partial charge in [0.1, 0.15) is 11.5 Å². The molecule has 0 spiro atoms. The largest absolute Gasteiger partial charge is 0.464 e. The average molecular weight is 423 g/mol. The van der Waals surface area contributed by atoms with Crippen LogP contribution in [0.15, 0.2) is 40.8 Å². The minimum absolute atomic E-state index is 0.0685. The Bertz CT molecular complexity index is 910. The summed E-state index contributed by atoms with van der Waals surface area (Å²) in [5, 5.41) is 2.73. The molecule has 0 aliphatic carbocycles. The summed E-state index contributed by atoms with van der Waals surface area (Å²) in [6, 6.07) is 7.87. The molecule has 2 amide bonds. The number of piperazine rings is 1. The van der Waals surface area contributed by atoms with Crippen LogP contribution in [0, 0.1) is 6.92 Å². The molecule has 1 fully saturated rings. The van der Waals surface area contributed by atoms with Crippen LogP contribution >= 0.6 is 0 Å². The molecule has 1 aromatic carbocycles. The number of carbonyl (C=O) groups is 2. The molecule has 30 heavy (non-hydrogen) atoms. The summed E-state index contributed by atoms with van der Waals surface area (Å²) in [5.74, 6) is 0.825. The number of hydrogen-bond acceptors (Lipinski definition) is 4. The van der Waals surface area contributed by atoms with Crippen LogP contribution in [0.25, 0.3) is 0 Å². The molecule has 1 unspecified atom stereocenters. The number of nitrogens with one attached hydrogen (secondary N) is 1. The van der Waals surface area contributed by atoms with Gasteiger partial charge in [-0.2, -0.15) is 13.2 Å². The van der Waals surface area contributed by atoms with Crippen molar-refractivity contribution in [3.05, 3.63) is 59.0 Å². The summed E-state index contributed by atoms with van der Waals surface area (Å²) in [6.07, 6.45) is -4.50. The third-order valence-electron chi connectivity index (χ3n) is 5.06. The first-order valence-corrected chi connectivity index (χ1v) is 9.60. The Morgan fingerprint density at radius 1 is 1.30 bits per heavy atom. The van der Waals surface area contributed by atoms with Crippen LogP contribution in [-0.2, 0) is 28.9 Å². The van der Waals surface area contributed by atoms with Crippen LogP contribution < -0.4 is 5.32 Å². The Morgan fingerprint density at radius 3 is 2.73 bits per heavy atom. The van der Waals surface area contributed by atoms with Crippen LogP contribution in [-0.4, -0.2) is 47.8 Å². The number of alkyl halides is 3. The number of furan rings is 1. The van der Waals surface area contributed by atoms with Crippen molar-refractivity contribution in [2.24, 2.45) is 0 Å². The molecule has 9 heteroatoms. The van der Waals surface area contributed by atoms with Gasteiger partial charge in [0.2, 0.25) is 11.8 Å². The van der Waals surface area contributed by atoms with Crippen molar-refractivity contribution in [1.82, 2.24) is 15.1 Å². The standard InChI is InChI=1S/C21H24F3N3O3/c1-14-6-7-17(30-14)13-26(2)19(28)11-18-20(29)25-8-9-27(18)12-15-4-3-5-16(10-15)21(22,23)24/h3-7,10,18H,8-9,11-13H2,1-2H3,(H,25,29). The van der Waals surface area contributed by atoms with Crippen molar-refractivity contribution in [1.29, 1.82) is 0 Å². The molecule has 162 valence electrons. The zero-order valence-corrected chi connectivity index (χ0v) is 16.8. The highest BCUT2D eigenvalue weighted by molar-refractivity contribution is 5.88. The van der Waals surface area contributed by atoms with Gasteiger partial charge in [0.15, 0.2) is 0 Å². The molecule has 1 N–H and O–H groups in total. The Kier molecular flexibility index (Phi) is 6.50. The number of hydrogen-bond donors (Lipinski definition) is 1. The summed E-state index contributed by atoms with van der Waals surface area (Å²) < 4.78 is 44.5. The minimum atomic E-state index is -4.43. The molecule has 2 heterocycles. The van der Waals surface area contributed by atoms with E-state index in [9.17, 15) is 22.8 Å². The second-order valence-corrected chi connectivity index (χ2v) is 7.44. The van der Waals surface area contributed by atoms with Gasteiger partial charge < -0.3 is 14.6 Å². The summed E-state index contributed by atoms with van der Waals surface area (Å²) in [7, 11) is 1.62. The number of carbonyl (C=O) groups excluding carboxylic acids is 2. The molecule has 6 nitrogen and oxygen atoms in total. The number of nitrogens with zero attached hydrogens (tertiary/aromatic N) is 2. The Morgan fingerprint density at radius 2 is 2.07 bits per heavy atom. The van der Waals surface area contributed by atoms with Gasteiger partial charge in [-0.15, -0.1) is 0 Å². The molecule has 1 atom stereocenters. The van der Waals surface area contributed by atoms with Gasteiger partial charge in [-0.05, 0) is 30.7 Å². The lowest BCUT2D eigenvalue weighted by Gasteiger charge is -2.35. The fourth-order valence-electron chi connectivity index (χ4n) is 3.47. The highest BCUT2D eigenvalue weighted by atomic mass is 19.4. The van der Waals surface area contributed by atoms with Crippen LogP contribution in [0.2, 0.25) is 0 Å². The fourth-order valence-corrected chi connectivity index (χ4v) is 3.47. The molecule has 1 aliphatic heterocycles. The van der Waals surface area contributed by atoms with Crippen molar-refractivity contribution in [2.75, 3.05) is 20.1 Å². The minimum Gasteiger partial charge on any atom is -0.464 e. The van der Waals surface area contributed by atoms with Gasteiger partial charge in [-0.3, -0.25) is 14.5 Å². The first kappa shape index (κ1) is 21.9. The third kappa shape index (κ3) is 5.41. The maximum absolute atomic E-state index is 13.0. The first-order chi connectivity index (χ1) is 14.1. The predicted octanol–water partition coefficient (Wildman–Crippen LogP) is 2.96. The Hall–Kier alpha value is -2.81. The normalized spacial score (nSPS) is 17.6. The molecular weight excluding hydrogens is 399 g/mol. The molecule has 1 aliphatic rings. The summed E-state index contributed by atoms with van der Waals surface area (Å²) in [6.45, 7) is 3.05. The van der Waals surface area contributed by atoms with Crippen LogP contribution in [0.4, 0.5) is 13.2 Å². The Labute approximate surface area is 172 Å². The van der Waals surface area contributed by atoms with E-state index in [-0.39, 0.29) is 31.3 Å². The van der Waals surface area contributed by atoms with E-state index in [0.29, 0.717) is 24.4 Å². The second kappa shape index (κ2) is 8.91. The van der Waals surface area contributed by atoms with Crippen LogP contribution in [0.3, 0.4) is 0 Å². The maximum atomic E-state index is 13.0. The number of amides is 2. The molecular formula is C21H24F3N3O3. The molecule has 0 bridgehead atoms. The van der Waals surface area contributed by atoms with E-state index < -0.39 is 17.8 Å². The smallest absolute Gasteiger partial charge is 0.416 e. The highest BCUT2D eigenvalue weighted by Crippen LogP contribution is 2.30. The van der Waals surface area contributed by atoms with E-state index in [1.165, 1.54) is 11.0 Å². The third-order valence-corrected chi connectivity index (χ3v) is 5.06. The van der Waals surface area contributed by atoms with Crippen molar-refractivity contribution in [2.45, 2.75) is 38.7 Å². The predicted molar refractivity (Wildman–Crippen MR) is 103 cm³/mol. The topological polar surface area (TPSA) is 65.8 Å². The van der Waals surface area contributed by atoms with Gasteiger partial charge in [0.25, 0.3) is 0 Å².